The standard InChI is InChI=1S/C15H24O14/c16-2-4(18)1-5(19)12(9(23)10(24)14(26)27)28-15-11(25)7(21)8(22)13(29-15)6(20)3-17/h2,5-13,15,17,19-25H,1,3H2,(H,26,27). The second-order valence-electron chi connectivity index (χ2n) is 6.42. The molecule has 9 N–H and O–H groups in total. The second kappa shape index (κ2) is 11.0. The van der Waals surface area contributed by atoms with E-state index in [9.17, 15) is 50.1 Å². The number of Topliss-reactive ketones (excluding diaryl/α,β-unsaturated/α-hetero) is 1. The third-order valence-corrected chi connectivity index (χ3v) is 4.30. The SMILES string of the molecule is O=CC(=O)CC(O)C(OC1OC(C(O)CO)C(O)C(O)C1O)C(O)C(O)C(=O)O. The van der Waals surface area contributed by atoms with Crippen LogP contribution in [0.5, 0.6) is 0 Å². The number of hydrogen-bond acceptors (Lipinski definition) is 13. The van der Waals surface area contributed by atoms with Crippen molar-refractivity contribution in [3.8, 4) is 0 Å². The topological polar surface area (TPSA) is 252 Å². The van der Waals surface area contributed by atoms with Crippen LogP contribution < -0.4 is 0 Å². The molecule has 0 radical (unpaired) electrons. The van der Waals surface area contributed by atoms with Gasteiger partial charge in [-0.1, -0.05) is 0 Å². The van der Waals surface area contributed by atoms with E-state index in [1.54, 1.807) is 0 Å². The van der Waals surface area contributed by atoms with Gasteiger partial charge in [0.1, 0.15) is 42.7 Å². The van der Waals surface area contributed by atoms with Crippen molar-refractivity contribution in [2.24, 2.45) is 0 Å². The van der Waals surface area contributed by atoms with E-state index in [0.29, 0.717) is 0 Å². The molecule has 0 aromatic rings. The summed E-state index contributed by atoms with van der Waals surface area (Å²) in [4.78, 5) is 32.6. The molecular weight excluding hydrogens is 404 g/mol. The van der Waals surface area contributed by atoms with Gasteiger partial charge in [0.2, 0.25) is 0 Å². The van der Waals surface area contributed by atoms with Gasteiger partial charge >= 0.3 is 5.97 Å². The molecule has 29 heavy (non-hydrogen) atoms. The maximum Gasteiger partial charge on any atom is 0.335 e. The number of aliphatic hydroxyl groups excluding tert-OH is 8. The average molecular weight is 428 g/mol. The first-order valence-corrected chi connectivity index (χ1v) is 8.35. The molecule has 168 valence electrons. The maximum absolute atomic E-state index is 11.2. The number of aliphatic carboxylic acids is 1. The van der Waals surface area contributed by atoms with Crippen molar-refractivity contribution in [2.75, 3.05) is 6.61 Å². The minimum Gasteiger partial charge on any atom is -0.479 e. The summed E-state index contributed by atoms with van der Waals surface area (Å²) in [7, 11) is 0. The van der Waals surface area contributed by atoms with Crippen LogP contribution >= 0.6 is 0 Å². The first-order valence-electron chi connectivity index (χ1n) is 8.35. The fraction of sp³-hybridized carbons (Fsp3) is 0.800. The monoisotopic (exact) mass is 428 g/mol. The summed E-state index contributed by atoms with van der Waals surface area (Å²) in [5, 5.41) is 86.7. The van der Waals surface area contributed by atoms with E-state index in [-0.39, 0.29) is 6.29 Å². The zero-order chi connectivity index (χ0) is 22.5. The van der Waals surface area contributed by atoms with Gasteiger partial charge in [-0.3, -0.25) is 9.59 Å². The van der Waals surface area contributed by atoms with Crippen LogP contribution in [0.1, 0.15) is 6.42 Å². The lowest BCUT2D eigenvalue weighted by Gasteiger charge is -2.43. The van der Waals surface area contributed by atoms with Crippen molar-refractivity contribution >= 4 is 18.0 Å². The number of carboxylic acids is 1. The summed E-state index contributed by atoms with van der Waals surface area (Å²) in [5.41, 5.74) is 0. The Morgan fingerprint density at radius 2 is 1.62 bits per heavy atom. The number of aldehydes is 1. The Balaban J connectivity index is 3.12. The van der Waals surface area contributed by atoms with Gasteiger partial charge < -0.3 is 55.4 Å². The van der Waals surface area contributed by atoms with Crippen LogP contribution in [0.4, 0.5) is 0 Å². The Morgan fingerprint density at radius 1 is 1.03 bits per heavy atom. The first kappa shape index (κ1) is 25.4. The van der Waals surface area contributed by atoms with Crippen molar-refractivity contribution in [1.82, 2.24) is 0 Å². The molecule has 0 saturated carbocycles. The lowest BCUT2D eigenvalue weighted by atomic mass is 9.95. The summed E-state index contributed by atoms with van der Waals surface area (Å²) in [5.74, 6) is -3.11. The number of rotatable bonds is 11. The molecule has 1 fully saturated rings. The molecule has 0 aromatic carbocycles. The molecule has 14 heteroatoms. The number of carboxylic acid groups (broad SMARTS) is 1. The quantitative estimate of drug-likeness (QED) is 0.110. The van der Waals surface area contributed by atoms with Crippen LogP contribution in [0, 0.1) is 0 Å². The second-order valence-corrected chi connectivity index (χ2v) is 6.42. The summed E-state index contributed by atoms with van der Waals surface area (Å²) in [6.07, 6.45) is -21.7. The lowest BCUT2D eigenvalue weighted by molar-refractivity contribution is -0.334. The van der Waals surface area contributed by atoms with Gasteiger partial charge in [-0.2, -0.15) is 0 Å². The minimum absolute atomic E-state index is 0.167. The van der Waals surface area contributed by atoms with Crippen molar-refractivity contribution in [2.45, 2.75) is 67.6 Å². The van der Waals surface area contributed by atoms with Crippen LogP contribution in [0.3, 0.4) is 0 Å². The van der Waals surface area contributed by atoms with Gasteiger partial charge in [0, 0.05) is 6.42 Å². The highest BCUT2D eigenvalue weighted by molar-refractivity contribution is 6.25. The summed E-state index contributed by atoms with van der Waals surface area (Å²) < 4.78 is 10.1. The Morgan fingerprint density at radius 3 is 2.10 bits per heavy atom. The molecule has 0 bridgehead atoms. The zero-order valence-electron chi connectivity index (χ0n) is 14.8. The van der Waals surface area contributed by atoms with Crippen LogP contribution in [0.15, 0.2) is 0 Å². The average Bonchev–Trinajstić information content (AvgIpc) is 2.69. The highest BCUT2D eigenvalue weighted by Crippen LogP contribution is 2.27. The third-order valence-electron chi connectivity index (χ3n) is 4.30. The molecule has 1 saturated heterocycles. The molecule has 1 rings (SSSR count). The zero-order valence-corrected chi connectivity index (χ0v) is 14.8. The Bertz CT molecular complexity index is 569. The molecule has 10 unspecified atom stereocenters. The fourth-order valence-electron chi connectivity index (χ4n) is 2.66. The van der Waals surface area contributed by atoms with Gasteiger partial charge in [0.15, 0.2) is 24.5 Å². The van der Waals surface area contributed by atoms with Crippen LogP contribution in [-0.4, -0.2) is 132 Å². The third kappa shape index (κ3) is 6.19. The Kier molecular flexibility index (Phi) is 9.63. The molecule has 1 aliphatic heterocycles. The maximum atomic E-state index is 11.2. The van der Waals surface area contributed by atoms with Crippen molar-refractivity contribution in [1.29, 1.82) is 0 Å². The van der Waals surface area contributed by atoms with Crippen LogP contribution in [0.25, 0.3) is 0 Å². The Labute approximate surface area is 163 Å². The van der Waals surface area contributed by atoms with E-state index >= 15 is 0 Å². The summed E-state index contributed by atoms with van der Waals surface area (Å²) in [6, 6.07) is 0. The number of carbonyl (C=O) groups is 3. The van der Waals surface area contributed by atoms with Crippen LogP contribution in [-0.2, 0) is 23.9 Å². The molecule has 14 nitrogen and oxygen atoms in total. The van der Waals surface area contributed by atoms with Gasteiger partial charge in [0.05, 0.1) is 12.7 Å². The van der Waals surface area contributed by atoms with Gasteiger partial charge in [0.25, 0.3) is 0 Å². The van der Waals surface area contributed by atoms with E-state index in [1.807, 2.05) is 0 Å². The molecule has 0 aromatic heterocycles. The number of carbonyl (C=O) groups excluding carboxylic acids is 2. The lowest BCUT2D eigenvalue weighted by Crippen LogP contribution is -2.63. The molecule has 1 heterocycles. The fourth-order valence-corrected chi connectivity index (χ4v) is 2.66. The number of ether oxygens (including phenoxy) is 2. The molecule has 10 atom stereocenters. The highest BCUT2D eigenvalue weighted by Gasteiger charge is 2.49. The van der Waals surface area contributed by atoms with E-state index < -0.39 is 86.0 Å². The van der Waals surface area contributed by atoms with Gasteiger partial charge in [-0.15, -0.1) is 0 Å². The number of ketones is 1. The first-order chi connectivity index (χ1) is 13.5. The molecule has 1 aliphatic rings. The molecule has 0 amide bonds. The van der Waals surface area contributed by atoms with Crippen molar-refractivity contribution in [3.05, 3.63) is 0 Å². The largest absolute Gasteiger partial charge is 0.479 e. The van der Waals surface area contributed by atoms with Gasteiger partial charge in [-0.05, 0) is 0 Å². The van der Waals surface area contributed by atoms with E-state index in [1.165, 1.54) is 0 Å². The van der Waals surface area contributed by atoms with Crippen molar-refractivity contribution in [3.63, 3.8) is 0 Å². The van der Waals surface area contributed by atoms with E-state index in [2.05, 4.69) is 0 Å². The number of aliphatic hydroxyl groups is 8. The minimum atomic E-state index is -2.53. The Hall–Kier alpha value is -1.59. The predicted molar refractivity (Wildman–Crippen MR) is 86.0 cm³/mol. The highest BCUT2D eigenvalue weighted by atomic mass is 16.7. The predicted octanol–water partition coefficient (Wildman–Crippen LogP) is -6.14. The number of hydrogen-bond donors (Lipinski definition) is 9. The normalized spacial score (nSPS) is 32.6. The molecule has 0 aliphatic carbocycles. The molecular formula is C15H24O14. The summed E-state index contributed by atoms with van der Waals surface area (Å²) >= 11 is 0. The van der Waals surface area contributed by atoms with E-state index in [4.69, 9.17) is 19.7 Å². The van der Waals surface area contributed by atoms with Gasteiger partial charge in [-0.25, -0.2) is 4.79 Å². The van der Waals surface area contributed by atoms with Crippen LogP contribution in [0.2, 0.25) is 0 Å². The van der Waals surface area contributed by atoms with E-state index in [0.717, 1.165) is 0 Å². The smallest absolute Gasteiger partial charge is 0.335 e. The summed E-state index contributed by atoms with van der Waals surface area (Å²) in [6.45, 7) is -0.933. The van der Waals surface area contributed by atoms with Crippen molar-refractivity contribution < 1.29 is 69.8 Å². The molecule has 0 spiro atoms.